The Bertz CT molecular complexity index is 610. The number of rotatable bonds is 5. The third kappa shape index (κ3) is 3.08. The fraction of sp³-hybridized carbons (Fsp3) is 0.312. The van der Waals surface area contributed by atoms with E-state index in [2.05, 4.69) is 5.32 Å². The van der Waals surface area contributed by atoms with E-state index >= 15 is 0 Å². The fourth-order valence-electron chi connectivity index (χ4n) is 2.11. The number of carbonyl (C=O) groups is 1. The molecule has 106 valence electrons. The molecule has 2 aromatic carbocycles. The number of phenolic OH excluding ortho intramolecular Hbond substituents is 1. The van der Waals surface area contributed by atoms with Crippen LogP contribution in [0, 0.1) is 0 Å². The Labute approximate surface area is 118 Å². The van der Waals surface area contributed by atoms with Gasteiger partial charge >= 0.3 is 0 Å². The quantitative estimate of drug-likeness (QED) is 0.782. The third-order valence-electron chi connectivity index (χ3n) is 3.47. The first kappa shape index (κ1) is 14.3. The van der Waals surface area contributed by atoms with Crippen molar-refractivity contribution in [1.29, 1.82) is 0 Å². The van der Waals surface area contributed by atoms with Crippen LogP contribution >= 0.6 is 0 Å². The van der Waals surface area contributed by atoms with E-state index < -0.39 is 0 Å². The smallest absolute Gasteiger partial charge is 0.255 e. The number of amides is 1. The average Bonchev–Trinajstić information content (AvgIpc) is 2.47. The van der Waals surface area contributed by atoms with Gasteiger partial charge in [-0.3, -0.25) is 4.79 Å². The molecule has 0 aliphatic rings. The second kappa shape index (κ2) is 6.39. The van der Waals surface area contributed by atoms with Crippen molar-refractivity contribution in [3.8, 4) is 5.75 Å². The molecule has 4 N–H and O–H groups in total. The van der Waals surface area contributed by atoms with Crippen LogP contribution in [-0.2, 0) is 0 Å². The van der Waals surface area contributed by atoms with E-state index in [1.54, 1.807) is 12.1 Å². The first-order valence-corrected chi connectivity index (χ1v) is 6.88. The van der Waals surface area contributed by atoms with Gasteiger partial charge in [0, 0.05) is 18.0 Å². The number of hydrogen-bond donors (Lipinski definition) is 3. The summed E-state index contributed by atoms with van der Waals surface area (Å²) >= 11 is 0. The molecular formula is C16H20N2O2. The van der Waals surface area contributed by atoms with Crippen molar-refractivity contribution in [2.45, 2.75) is 25.8 Å². The molecule has 0 aromatic heterocycles. The Morgan fingerprint density at radius 1 is 1.30 bits per heavy atom. The minimum absolute atomic E-state index is 0.0281. The van der Waals surface area contributed by atoms with Gasteiger partial charge < -0.3 is 16.2 Å². The molecule has 4 heteroatoms. The molecule has 2 aromatic rings. The highest BCUT2D eigenvalue weighted by molar-refractivity contribution is 6.03. The lowest BCUT2D eigenvalue weighted by molar-refractivity contribution is 0.0950. The molecule has 0 saturated heterocycles. The average molecular weight is 272 g/mol. The SMILES string of the molecule is CCC(N)CCNC(=O)c1ccc2ccccc2c1O. The van der Waals surface area contributed by atoms with E-state index in [9.17, 15) is 9.90 Å². The van der Waals surface area contributed by atoms with Crippen LogP contribution in [0.5, 0.6) is 5.75 Å². The van der Waals surface area contributed by atoms with Gasteiger partial charge in [0.1, 0.15) is 5.75 Å². The molecule has 1 atom stereocenters. The molecule has 0 spiro atoms. The van der Waals surface area contributed by atoms with Gasteiger partial charge in [0.25, 0.3) is 5.91 Å². The number of nitrogens with two attached hydrogens (primary N) is 1. The zero-order chi connectivity index (χ0) is 14.5. The van der Waals surface area contributed by atoms with E-state index in [-0.39, 0.29) is 17.7 Å². The zero-order valence-electron chi connectivity index (χ0n) is 11.6. The molecular weight excluding hydrogens is 252 g/mol. The normalized spacial score (nSPS) is 12.3. The van der Waals surface area contributed by atoms with Crippen LogP contribution in [0.2, 0.25) is 0 Å². The lowest BCUT2D eigenvalue weighted by Gasteiger charge is -2.11. The van der Waals surface area contributed by atoms with E-state index in [4.69, 9.17) is 5.73 Å². The highest BCUT2D eigenvalue weighted by Crippen LogP contribution is 2.28. The van der Waals surface area contributed by atoms with Crippen molar-refractivity contribution in [2.24, 2.45) is 5.73 Å². The number of fused-ring (bicyclic) bond motifs is 1. The minimum Gasteiger partial charge on any atom is -0.506 e. The highest BCUT2D eigenvalue weighted by atomic mass is 16.3. The molecule has 1 amide bonds. The molecule has 20 heavy (non-hydrogen) atoms. The van der Waals surface area contributed by atoms with Crippen molar-refractivity contribution in [3.05, 3.63) is 42.0 Å². The predicted octanol–water partition coefficient (Wildman–Crippen LogP) is 2.40. The molecule has 2 rings (SSSR count). The summed E-state index contributed by atoms with van der Waals surface area (Å²) in [6.07, 6.45) is 1.62. The van der Waals surface area contributed by atoms with Crippen molar-refractivity contribution >= 4 is 16.7 Å². The molecule has 0 heterocycles. The maximum atomic E-state index is 12.1. The largest absolute Gasteiger partial charge is 0.506 e. The first-order valence-electron chi connectivity index (χ1n) is 6.88. The van der Waals surface area contributed by atoms with Gasteiger partial charge in [0.05, 0.1) is 5.56 Å². The van der Waals surface area contributed by atoms with E-state index in [1.807, 2.05) is 31.2 Å². The van der Waals surface area contributed by atoms with Gasteiger partial charge in [0.15, 0.2) is 0 Å². The molecule has 0 aliphatic heterocycles. The topological polar surface area (TPSA) is 75.3 Å². The summed E-state index contributed by atoms with van der Waals surface area (Å²) in [6, 6.07) is 11.0. The Balaban J connectivity index is 2.12. The van der Waals surface area contributed by atoms with Gasteiger partial charge in [0.2, 0.25) is 0 Å². The summed E-state index contributed by atoms with van der Waals surface area (Å²) in [7, 11) is 0. The first-order chi connectivity index (χ1) is 9.63. The number of carbonyl (C=O) groups excluding carboxylic acids is 1. The van der Waals surface area contributed by atoms with E-state index in [1.165, 1.54) is 0 Å². The maximum absolute atomic E-state index is 12.1. The second-order valence-corrected chi connectivity index (χ2v) is 4.90. The van der Waals surface area contributed by atoms with E-state index in [0.717, 1.165) is 18.2 Å². The van der Waals surface area contributed by atoms with Crippen LogP contribution < -0.4 is 11.1 Å². The molecule has 4 nitrogen and oxygen atoms in total. The lowest BCUT2D eigenvalue weighted by Crippen LogP contribution is -2.30. The third-order valence-corrected chi connectivity index (χ3v) is 3.47. The van der Waals surface area contributed by atoms with Crippen LogP contribution in [0.3, 0.4) is 0 Å². The van der Waals surface area contributed by atoms with Crippen LogP contribution in [0.25, 0.3) is 10.8 Å². The van der Waals surface area contributed by atoms with Gasteiger partial charge in [-0.15, -0.1) is 0 Å². The van der Waals surface area contributed by atoms with Gasteiger partial charge in [-0.2, -0.15) is 0 Å². The second-order valence-electron chi connectivity index (χ2n) is 4.90. The Kier molecular flexibility index (Phi) is 4.58. The molecule has 0 aliphatic carbocycles. The molecule has 0 radical (unpaired) electrons. The number of hydrogen-bond acceptors (Lipinski definition) is 3. The summed E-state index contributed by atoms with van der Waals surface area (Å²) in [6.45, 7) is 2.53. The van der Waals surface area contributed by atoms with Gasteiger partial charge in [-0.25, -0.2) is 0 Å². The zero-order valence-corrected chi connectivity index (χ0v) is 11.6. The van der Waals surface area contributed by atoms with Crippen molar-refractivity contribution in [1.82, 2.24) is 5.32 Å². The predicted molar refractivity (Wildman–Crippen MR) is 80.8 cm³/mol. The molecule has 1 unspecified atom stereocenters. The lowest BCUT2D eigenvalue weighted by atomic mass is 10.0. The van der Waals surface area contributed by atoms with Crippen molar-refractivity contribution < 1.29 is 9.90 Å². The fourth-order valence-corrected chi connectivity index (χ4v) is 2.11. The number of benzene rings is 2. The summed E-state index contributed by atoms with van der Waals surface area (Å²) in [5.41, 5.74) is 6.10. The van der Waals surface area contributed by atoms with Crippen LogP contribution in [-0.4, -0.2) is 23.6 Å². The Morgan fingerprint density at radius 3 is 2.80 bits per heavy atom. The number of aromatic hydroxyl groups is 1. The Hall–Kier alpha value is -2.07. The van der Waals surface area contributed by atoms with Crippen LogP contribution in [0.15, 0.2) is 36.4 Å². The molecule has 0 saturated carbocycles. The van der Waals surface area contributed by atoms with Crippen molar-refractivity contribution in [3.63, 3.8) is 0 Å². The summed E-state index contributed by atoms with van der Waals surface area (Å²) in [5, 5.41) is 14.6. The Morgan fingerprint density at radius 2 is 2.05 bits per heavy atom. The van der Waals surface area contributed by atoms with Gasteiger partial charge in [-0.1, -0.05) is 37.3 Å². The molecule has 0 bridgehead atoms. The maximum Gasteiger partial charge on any atom is 0.255 e. The summed E-state index contributed by atoms with van der Waals surface area (Å²) in [4.78, 5) is 12.1. The van der Waals surface area contributed by atoms with E-state index in [0.29, 0.717) is 17.5 Å². The summed E-state index contributed by atoms with van der Waals surface area (Å²) < 4.78 is 0. The standard InChI is InChI=1S/C16H20N2O2/c1-2-12(17)9-10-18-16(20)14-8-7-11-5-3-4-6-13(11)15(14)19/h3-8,12,19H,2,9-10,17H2,1H3,(H,18,20). The minimum atomic E-state index is -0.267. The highest BCUT2D eigenvalue weighted by Gasteiger charge is 2.13. The molecule has 0 fully saturated rings. The number of phenols is 1. The van der Waals surface area contributed by atoms with Crippen molar-refractivity contribution in [2.75, 3.05) is 6.54 Å². The monoisotopic (exact) mass is 272 g/mol. The van der Waals surface area contributed by atoms with Gasteiger partial charge in [-0.05, 0) is 24.3 Å². The van der Waals surface area contributed by atoms with Crippen LogP contribution in [0.1, 0.15) is 30.1 Å². The number of nitrogens with one attached hydrogen (secondary N) is 1. The van der Waals surface area contributed by atoms with Crippen LogP contribution in [0.4, 0.5) is 0 Å². The summed E-state index contributed by atoms with van der Waals surface area (Å²) in [5.74, 6) is -0.239.